The Balaban J connectivity index is 2.15. The second-order valence-corrected chi connectivity index (χ2v) is 5.08. The summed E-state index contributed by atoms with van der Waals surface area (Å²) >= 11 is 0. The molecule has 20 heavy (non-hydrogen) atoms. The molecular weight excluding hydrogens is 256 g/mol. The number of likely N-dealkylation sites (tertiary alicyclic amines) is 1. The fourth-order valence-electron chi connectivity index (χ4n) is 2.34. The van der Waals surface area contributed by atoms with Crippen molar-refractivity contribution in [1.29, 1.82) is 0 Å². The van der Waals surface area contributed by atoms with Crippen LogP contribution in [0.4, 0.5) is 4.79 Å². The van der Waals surface area contributed by atoms with Gasteiger partial charge in [0.1, 0.15) is 0 Å². The number of rotatable bonds is 4. The summed E-state index contributed by atoms with van der Waals surface area (Å²) in [5.74, 6) is 1.38. The van der Waals surface area contributed by atoms with Crippen LogP contribution in [0.3, 0.4) is 0 Å². The number of carbonyl (C=O) groups excluding carboxylic acids is 1. The maximum atomic E-state index is 12.0. The van der Waals surface area contributed by atoms with Gasteiger partial charge in [-0.3, -0.25) is 0 Å². The van der Waals surface area contributed by atoms with Crippen LogP contribution in [0, 0.1) is 6.92 Å². The molecule has 5 nitrogen and oxygen atoms in total. The molecule has 1 aliphatic heterocycles. The van der Waals surface area contributed by atoms with Crippen molar-refractivity contribution in [2.45, 2.75) is 26.3 Å². The Morgan fingerprint density at radius 2 is 1.85 bits per heavy atom. The van der Waals surface area contributed by atoms with Crippen molar-refractivity contribution >= 4 is 6.03 Å². The molecule has 2 amide bonds. The van der Waals surface area contributed by atoms with Gasteiger partial charge in [0.15, 0.2) is 11.5 Å². The minimum atomic E-state index is -0.0668. The number of benzene rings is 1. The van der Waals surface area contributed by atoms with E-state index < -0.39 is 0 Å². The SMILES string of the molecule is COc1cc(C)c(C(C)NC(=O)N2CCC2)cc1OC. The molecule has 0 aromatic heterocycles. The first kappa shape index (κ1) is 14.5. The largest absolute Gasteiger partial charge is 0.493 e. The van der Waals surface area contributed by atoms with Crippen LogP contribution in [0.5, 0.6) is 11.5 Å². The molecule has 0 radical (unpaired) electrons. The third-order valence-electron chi connectivity index (χ3n) is 3.72. The summed E-state index contributed by atoms with van der Waals surface area (Å²) in [6.07, 6.45) is 1.09. The van der Waals surface area contributed by atoms with Crippen LogP contribution in [-0.4, -0.2) is 38.2 Å². The van der Waals surface area contributed by atoms with Gasteiger partial charge in [0.25, 0.3) is 0 Å². The van der Waals surface area contributed by atoms with Gasteiger partial charge in [-0.15, -0.1) is 0 Å². The molecule has 0 bridgehead atoms. The van der Waals surface area contributed by atoms with Gasteiger partial charge in [-0.05, 0) is 43.5 Å². The minimum Gasteiger partial charge on any atom is -0.493 e. The summed E-state index contributed by atoms with van der Waals surface area (Å²) in [7, 11) is 3.23. The molecule has 110 valence electrons. The van der Waals surface area contributed by atoms with Crippen LogP contribution in [0.25, 0.3) is 0 Å². The summed E-state index contributed by atoms with van der Waals surface area (Å²) < 4.78 is 10.6. The summed E-state index contributed by atoms with van der Waals surface area (Å²) in [6, 6.07) is 3.79. The van der Waals surface area contributed by atoms with E-state index in [0.29, 0.717) is 11.5 Å². The molecule has 1 aromatic rings. The van der Waals surface area contributed by atoms with E-state index in [-0.39, 0.29) is 12.1 Å². The predicted molar refractivity (Wildman–Crippen MR) is 77.4 cm³/mol. The first-order chi connectivity index (χ1) is 9.56. The summed E-state index contributed by atoms with van der Waals surface area (Å²) in [5.41, 5.74) is 2.11. The highest BCUT2D eigenvalue weighted by Gasteiger charge is 2.22. The number of hydrogen-bond acceptors (Lipinski definition) is 3. The zero-order chi connectivity index (χ0) is 14.7. The van der Waals surface area contributed by atoms with Crippen LogP contribution in [0.2, 0.25) is 0 Å². The third kappa shape index (κ3) is 2.81. The quantitative estimate of drug-likeness (QED) is 0.920. The van der Waals surface area contributed by atoms with Crippen LogP contribution >= 0.6 is 0 Å². The van der Waals surface area contributed by atoms with Crippen LogP contribution in [-0.2, 0) is 0 Å². The third-order valence-corrected chi connectivity index (χ3v) is 3.72. The van der Waals surface area contributed by atoms with E-state index in [0.717, 1.165) is 30.6 Å². The Bertz CT molecular complexity index is 498. The lowest BCUT2D eigenvalue weighted by Crippen LogP contribution is -2.48. The van der Waals surface area contributed by atoms with E-state index in [4.69, 9.17) is 9.47 Å². The summed E-state index contributed by atoms with van der Waals surface area (Å²) in [4.78, 5) is 13.8. The van der Waals surface area contributed by atoms with Crippen LogP contribution in [0.1, 0.15) is 30.5 Å². The number of hydrogen-bond donors (Lipinski definition) is 1. The normalized spacial score (nSPS) is 15.3. The van der Waals surface area contributed by atoms with Crippen molar-refractivity contribution in [3.8, 4) is 11.5 Å². The minimum absolute atomic E-state index is 0.00191. The number of nitrogens with zero attached hydrogens (tertiary/aromatic N) is 1. The standard InChI is InChI=1S/C15H22N2O3/c1-10-8-13(19-3)14(20-4)9-12(10)11(2)16-15(18)17-6-5-7-17/h8-9,11H,5-7H2,1-4H3,(H,16,18). The molecule has 2 rings (SSSR count). The lowest BCUT2D eigenvalue weighted by atomic mass is 10.0. The van der Waals surface area contributed by atoms with Crippen LogP contribution in [0.15, 0.2) is 12.1 Å². The molecule has 0 aliphatic carbocycles. The van der Waals surface area contributed by atoms with Crippen molar-refractivity contribution in [3.63, 3.8) is 0 Å². The number of nitrogens with one attached hydrogen (secondary N) is 1. The highest BCUT2D eigenvalue weighted by atomic mass is 16.5. The Morgan fingerprint density at radius 3 is 2.35 bits per heavy atom. The van der Waals surface area contributed by atoms with E-state index in [2.05, 4.69) is 5.32 Å². The Hall–Kier alpha value is -1.91. The van der Waals surface area contributed by atoms with E-state index in [9.17, 15) is 4.79 Å². The molecule has 0 spiro atoms. The predicted octanol–water partition coefficient (Wildman–Crippen LogP) is 2.49. The van der Waals surface area contributed by atoms with Crippen molar-refractivity contribution in [3.05, 3.63) is 23.3 Å². The van der Waals surface area contributed by atoms with Gasteiger partial charge in [-0.1, -0.05) is 0 Å². The van der Waals surface area contributed by atoms with E-state index >= 15 is 0 Å². The number of aryl methyl sites for hydroxylation is 1. The molecule has 0 saturated carbocycles. The molecule has 1 aromatic carbocycles. The van der Waals surface area contributed by atoms with Crippen molar-refractivity contribution in [2.75, 3.05) is 27.3 Å². The second-order valence-electron chi connectivity index (χ2n) is 5.08. The van der Waals surface area contributed by atoms with E-state index in [1.807, 2.05) is 30.9 Å². The highest BCUT2D eigenvalue weighted by molar-refractivity contribution is 5.75. The van der Waals surface area contributed by atoms with Crippen molar-refractivity contribution < 1.29 is 14.3 Å². The van der Waals surface area contributed by atoms with Gasteiger partial charge in [0.05, 0.1) is 20.3 Å². The molecule has 5 heteroatoms. The van der Waals surface area contributed by atoms with Crippen molar-refractivity contribution in [1.82, 2.24) is 10.2 Å². The molecule has 1 heterocycles. The number of urea groups is 1. The maximum absolute atomic E-state index is 12.0. The van der Waals surface area contributed by atoms with E-state index in [1.54, 1.807) is 14.2 Å². The smallest absolute Gasteiger partial charge is 0.317 e. The molecular formula is C15H22N2O3. The zero-order valence-corrected chi connectivity index (χ0v) is 12.5. The number of amides is 2. The zero-order valence-electron chi connectivity index (χ0n) is 12.5. The summed E-state index contributed by atoms with van der Waals surface area (Å²) in [5, 5.41) is 3.02. The molecule has 1 fully saturated rings. The monoisotopic (exact) mass is 278 g/mol. The molecule has 1 atom stereocenters. The molecule has 1 unspecified atom stereocenters. The van der Waals surface area contributed by atoms with Gasteiger partial charge in [-0.2, -0.15) is 0 Å². The fraction of sp³-hybridized carbons (Fsp3) is 0.533. The van der Waals surface area contributed by atoms with Gasteiger partial charge >= 0.3 is 6.03 Å². The Labute approximate surface area is 119 Å². The van der Waals surface area contributed by atoms with Crippen LogP contribution < -0.4 is 14.8 Å². The number of ether oxygens (including phenoxy) is 2. The first-order valence-electron chi connectivity index (χ1n) is 6.84. The Kier molecular flexibility index (Phi) is 4.37. The molecule has 1 N–H and O–H groups in total. The topological polar surface area (TPSA) is 50.8 Å². The lowest BCUT2D eigenvalue weighted by Gasteiger charge is -2.32. The molecule has 1 aliphatic rings. The average molecular weight is 278 g/mol. The first-order valence-corrected chi connectivity index (χ1v) is 6.84. The highest BCUT2D eigenvalue weighted by Crippen LogP contribution is 2.32. The number of methoxy groups -OCH3 is 2. The van der Waals surface area contributed by atoms with Gasteiger partial charge in [-0.25, -0.2) is 4.79 Å². The summed E-state index contributed by atoms with van der Waals surface area (Å²) in [6.45, 7) is 5.68. The van der Waals surface area contributed by atoms with Crippen molar-refractivity contribution in [2.24, 2.45) is 0 Å². The second kappa shape index (κ2) is 6.03. The van der Waals surface area contributed by atoms with Gasteiger partial charge in [0, 0.05) is 13.1 Å². The molecule has 1 saturated heterocycles. The van der Waals surface area contributed by atoms with E-state index in [1.165, 1.54) is 0 Å². The number of carbonyl (C=O) groups is 1. The maximum Gasteiger partial charge on any atom is 0.317 e. The van der Waals surface area contributed by atoms with Gasteiger partial charge < -0.3 is 19.7 Å². The lowest BCUT2D eigenvalue weighted by molar-refractivity contribution is 0.164. The average Bonchev–Trinajstić information content (AvgIpc) is 2.35. The Morgan fingerprint density at radius 1 is 1.25 bits per heavy atom. The van der Waals surface area contributed by atoms with Gasteiger partial charge in [0.2, 0.25) is 0 Å². The fourth-order valence-corrected chi connectivity index (χ4v) is 2.34.